The van der Waals surface area contributed by atoms with Gasteiger partial charge >= 0.3 is 0 Å². The van der Waals surface area contributed by atoms with E-state index in [1.165, 1.54) is 31.2 Å². The minimum Gasteiger partial charge on any atom is -0.397 e. The van der Waals surface area contributed by atoms with Crippen molar-refractivity contribution in [1.29, 1.82) is 0 Å². The Bertz CT molecular complexity index is 506. The number of anilines is 3. The Morgan fingerprint density at radius 1 is 1.26 bits per heavy atom. The first-order valence-electron chi connectivity index (χ1n) is 7.10. The number of rotatable bonds is 2. The number of aryl methyl sites for hydroxylation is 1. The van der Waals surface area contributed by atoms with Gasteiger partial charge in [-0.1, -0.05) is 12.8 Å². The molecule has 102 valence electrons. The third kappa shape index (κ3) is 2.27. The maximum atomic E-state index is 11.4. The molecular formula is C15H21N3O. The van der Waals surface area contributed by atoms with Crippen LogP contribution in [0.25, 0.3) is 0 Å². The highest BCUT2D eigenvalue weighted by Crippen LogP contribution is 2.35. The second-order valence-electron chi connectivity index (χ2n) is 5.67. The molecular weight excluding hydrogens is 238 g/mol. The molecule has 19 heavy (non-hydrogen) atoms. The van der Waals surface area contributed by atoms with E-state index in [0.29, 0.717) is 12.5 Å². The maximum Gasteiger partial charge on any atom is 0.224 e. The lowest BCUT2D eigenvalue weighted by Crippen LogP contribution is -2.30. The Morgan fingerprint density at radius 2 is 2.00 bits per heavy atom. The monoisotopic (exact) mass is 259 g/mol. The summed E-state index contributed by atoms with van der Waals surface area (Å²) in [6.07, 6.45) is 6.52. The molecule has 0 bridgehead atoms. The zero-order chi connectivity index (χ0) is 13.4. The summed E-state index contributed by atoms with van der Waals surface area (Å²) in [4.78, 5) is 13.7. The second kappa shape index (κ2) is 4.76. The van der Waals surface area contributed by atoms with Crippen LogP contribution in [-0.4, -0.2) is 19.0 Å². The summed E-state index contributed by atoms with van der Waals surface area (Å²) < 4.78 is 0. The Morgan fingerprint density at radius 3 is 2.74 bits per heavy atom. The second-order valence-corrected chi connectivity index (χ2v) is 5.67. The van der Waals surface area contributed by atoms with Gasteiger partial charge in [0.15, 0.2) is 0 Å². The number of nitrogens with two attached hydrogens (primary N) is 1. The quantitative estimate of drug-likeness (QED) is 0.802. The lowest BCUT2D eigenvalue weighted by atomic mass is 10.0. The van der Waals surface area contributed by atoms with Crippen molar-refractivity contribution in [3.63, 3.8) is 0 Å². The molecule has 3 rings (SSSR count). The van der Waals surface area contributed by atoms with Crippen molar-refractivity contribution in [2.24, 2.45) is 0 Å². The van der Waals surface area contributed by atoms with Crippen LogP contribution in [0.15, 0.2) is 12.1 Å². The summed E-state index contributed by atoms with van der Waals surface area (Å²) in [6.45, 7) is 0. The van der Waals surface area contributed by atoms with E-state index in [0.717, 1.165) is 23.5 Å². The molecule has 1 amide bonds. The molecule has 0 atom stereocenters. The number of benzene rings is 1. The van der Waals surface area contributed by atoms with E-state index in [2.05, 4.69) is 23.3 Å². The molecule has 4 nitrogen and oxygen atoms in total. The molecule has 4 heteroatoms. The number of carbonyl (C=O) groups is 1. The molecule has 0 spiro atoms. The van der Waals surface area contributed by atoms with Crippen molar-refractivity contribution in [1.82, 2.24) is 0 Å². The van der Waals surface area contributed by atoms with Gasteiger partial charge in [-0.3, -0.25) is 4.79 Å². The highest BCUT2D eigenvalue weighted by Gasteiger charge is 2.23. The normalized spacial score (nSPS) is 19.1. The molecule has 0 saturated heterocycles. The number of nitrogens with zero attached hydrogens (tertiary/aromatic N) is 1. The molecule has 1 aliphatic carbocycles. The van der Waals surface area contributed by atoms with Crippen LogP contribution >= 0.6 is 0 Å². The molecule has 1 fully saturated rings. The standard InChI is InChI=1S/C15H21N3O/c1-18(11-4-2-3-5-11)14-8-10-6-7-15(19)17-13(10)9-12(14)16/h8-9,11H,2-7,16H2,1H3,(H,17,19). The molecule has 0 radical (unpaired) electrons. The van der Waals surface area contributed by atoms with E-state index in [9.17, 15) is 4.79 Å². The van der Waals surface area contributed by atoms with E-state index < -0.39 is 0 Å². The molecule has 1 heterocycles. The molecule has 0 unspecified atom stereocenters. The predicted molar refractivity (Wildman–Crippen MR) is 78.5 cm³/mol. The topological polar surface area (TPSA) is 58.4 Å². The van der Waals surface area contributed by atoms with E-state index in [-0.39, 0.29) is 5.91 Å². The van der Waals surface area contributed by atoms with E-state index >= 15 is 0 Å². The zero-order valence-electron chi connectivity index (χ0n) is 11.4. The average molecular weight is 259 g/mol. The van der Waals surface area contributed by atoms with Crippen molar-refractivity contribution in [2.75, 3.05) is 23.0 Å². The molecule has 2 aliphatic rings. The fourth-order valence-electron chi connectivity index (χ4n) is 3.23. The van der Waals surface area contributed by atoms with Crippen molar-refractivity contribution in [2.45, 2.75) is 44.6 Å². The minimum absolute atomic E-state index is 0.0868. The van der Waals surface area contributed by atoms with Gasteiger partial charge in [-0.05, 0) is 37.0 Å². The highest BCUT2D eigenvalue weighted by atomic mass is 16.1. The average Bonchev–Trinajstić information content (AvgIpc) is 2.91. The Hall–Kier alpha value is -1.71. The zero-order valence-corrected chi connectivity index (χ0v) is 11.4. The summed E-state index contributed by atoms with van der Waals surface area (Å²) in [5.74, 6) is 0.0868. The third-order valence-corrected chi connectivity index (χ3v) is 4.40. The van der Waals surface area contributed by atoms with Crippen LogP contribution in [0, 0.1) is 0 Å². The van der Waals surface area contributed by atoms with Crippen LogP contribution < -0.4 is 16.0 Å². The first-order chi connectivity index (χ1) is 9.15. The van der Waals surface area contributed by atoms with Gasteiger partial charge in [-0.2, -0.15) is 0 Å². The molecule has 1 aromatic rings. The summed E-state index contributed by atoms with van der Waals surface area (Å²) >= 11 is 0. The predicted octanol–water partition coefficient (Wildman–Crippen LogP) is 2.53. The largest absolute Gasteiger partial charge is 0.397 e. The number of carbonyl (C=O) groups excluding carboxylic acids is 1. The van der Waals surface area contributed by atoms with Gasteiger partial charge in [0, 0.05) is 25.2 Å². The van der Waals surface area contributed by atoms with Gasteiger partial charge in [0.1, 0.15) is 0 Å². The number of amides is 1. The maximum absolute atomic E-state index is 11.4. The summed E-state index contributed by atoms with van der Waals surface area (Å²) in [7, 11) is 2.13. The Balaban J connectivity index is 1.91. The van der Waals surface area contributed by atoms with Crippen LogP contribution in [0.1, 0.15) is 37.7 Å². The molecule has 1 aromatic carbocycles. The SMILES string of the molecule is CN(c1cc2c(cc1N)NC(=O)CC2)C1CCCC1. The van der Waals surface area contributed by atoms with E-state index in [1.54, 1.807) is 0 Å². The molecule has 0 aromatic heterocycles. The van der Waals surface area contributed by atoms with Gasteiger partial charge in [-0.25, -0.2) is 0 Å². The summed E-state index contributed by atoms with van der Waals surface area (Å²) in [5, 5.41) is 2.90. The van der Waals surface area contributed by atoms with E-state index in [1.807, 2.05) is 6.07 Å². The Kier molecular flexibility index (Phi) is 3.09. The van der Waals surface area contributed by atoms with Gasteiger partial charge in [-0.15, -0.1) is 0 Å². The van der Waals surface area contributed by atoms with Crippen LogP contribution in [0.2, 0.25) is 0 Å². The fourth-order valence-corrected chi connectivity index (χ4v) is 3.23. The van der Waals surface area contributed by atoms with Crippen LogP contribution in [0.5, 0.6) is 0 Å². The minimum atomic E-state index is 0.0868. The van der Waals surface area contributed by atoms with Crippen LogP contribution in [0.4, 0.5) is 17.1 Å². The smallest absolute Gasteiger partial charge is 0.224 e. The van der Waals surface area contributed by atoms with Crippen LogP contribution in [-0.2, 0) is 11.2 Å². The van der Waals surface area contributed by atoms with Gasteiger partial charge in [0.25, 0.3) is 0 Å². The van der Waals surface area contributed by atoms with Crippen molar-refractivity contribution < 1.29 is 4.79 Å². The highest BCUT2D eigenvalue weighted by molar-refractivity contribution is 5.95. The lowest BCUT2D eigenvalue weighted by molar-refractivity contribution is -0.116. The van der Waals surface area contributed by atoms with Crippen molar-refractivity contribution in [3.8, 4) is 0 Å². The summed E-state index contributed by atoms with van der Waals surface area (Å²) in [5.41, 5.74) is 10.1. The van der Waals surface area contributed by atoms with Crippen molar-refractivity contribution >= 4 is 23.0 Å². The lowest BCUT2D eigenvalue weighted by Gasteiger charge is -2.29. The number of hydrogen-bond acceptors (Lipinski definition) is 3. The number of hydrogen-bond donors (Lipinski definition) is 2. The first-order valence-corrected chi connectivity index (χ1v) is 7.10. The number of nitrogens with one attached hydrogen (secondary N) is 1. The van der Waals surface area contributed by atoms with Gasteiger partial charge < -0.3 is 16.0 Å². The number of fused-ring (bicyclic) bond motifs is 1. The van der Waals surface area contributed by atoms with Gasteiger partial charge in [0.2, 0.25) is 5.91 Å². The van der Waals surface area contributed by atoms with Crippen molar-refractivity contribution in [3.05, 3.63) is 17.7 Å². The third-order valence-electron chi connectivity index (χ3n) is 4.40. The fraction of sp³-hybridized carbons (Fsp3) is 0.533. The van der Waals surface area contributed by atoms with E-state index in [4.69, 9.17) is 5.73 Å². The molecule has 1 saturated carbocycles. The molecule has 1 aliphatic heterocycles. The first kappa shape index (κ1) is 12.3. The van der Waals surface area contributed by atoms with Crippen LogP contribution in [0.3, 0.4) is 0 Å². The number of nitrogen functional groups attached to an aromatic ring is 1. The Labute approximate surface area is 114 Å². The summed E-state index contributed by atoms with van der Waals surface area (Å²) in [6, 6.07) is 4.67. The molecule has 3 N–H and O–H groups in total. The van der Waals surface area contributed by atoms with Gasteiger partial charge in [0.05, 0.1) is 11.4 Å².